The summed E-state index contributed by atoms with van der Waals surface area (Å²) in [7, 11) is 0. The van der Waals surface area contributed by atoms with E-state index in [4.69, 9.17) is 11.5 Å². The summed E-state index contributed by atoms with van der Waals surface area (Å²) < 4.78 is 0. The molecule has 2 heteroatoms. The van der Waals surface area contributed by atoms with E-state index in [0.29, 0.717) is 0 Å². The quantitative estimate of drug-likeness (QED) is 0.748. The van der Waals surface area contributed by atoms with Crippen molar-refractivity contribution in [2.24, 2.45) is 23.3 Å². The van der Waals surface area contributed by atoms with Gasteiger partial charge in [-0.25, -0.2) is 0 Å². The van der Waals surface area contributed by atoms with Gasteiger partial charge in [0.1, 0.15) is 0 Å². The normalized spacial score (nSPS) is 25.2. The minimum atomic E-state index is 0.0851. The van der Waals surface area contributed by atoms with Crippen molar-refractivity contribution in [1.82, 2.24) is 0 Å². The molecule has 0 unspecified atom stereocenters. The van der Waals surface area contributed by atoms with E-state index in [-0.39, 0.29) is 5.54 Å². The van der Waals surface area contributed by atoms with Gasteiger partial charge in [0.05, 0.1) is 0 Å². The Balaban J connectivity index is 2.06. The van der Waals surface area contributed by atoms with Gasteiger partial charge in [-0.2, -0.15) is 0 Å². The molecule has 0 aromatic rings. The predicted octanol–water partition coefficient (Wildman–Crippen LogP) is 2.41. The van der Waals surface area contributed by atoms with E-state index in [2.05, 4.69) is 0 Å². The number of hydrogen-bond donors (Lipinski definition) is 2. The van der Waals surface area contributed by atoms with Crippen LogP contribution in [0.15, 0.2) is 0 Å². The Morgan fingerprint density at radius 2 is 1.27 bits per heavy atom. The first-order chi connectivity index (χ1) is 7.27. The first-order valence-corrected chi connectivity index (χ1v) is 6.76. The van der Waals surface area contributed by atoms with Crippen LogP contribution in [-0.4, -0.2) is 12.1 Å². The highest BCUT2D eigenvalue weighted by Crippen LogP contribution is 2.44. The zero-order chi connectivity index (χ0) is 10.7. The van der Waals surface area contributed by atoms with Crippen molar-refractivity contribution in [2.45, 2.75) is 63.3 Å². The minimum Gasteiger partial charge on any atom is -0.330 e. The van der Waals surface area contributed by atoms with E-state index in [1.54, 1.807) is 0 Å². The molecule has 88 valence electrons. The molecule has 0 aromatic carbocycles. The van der Waals surface area contributed by atoms with Gasteiger partial charge >= 0.3 is 0 Å². The highest BCUT2D eigenvalue weighted by molar-refractivity contribution is 5.00. The second-order valence-corrected chi connectivity index (χ2v) is 5.61. The summed E-state index contributed by atoms with van der Waals surface area (Å²) in [6.45, 7) is 0.767. The maximum atomic E-state index is 6.74. The molecule has 0 saturated heterocycles. The molecule has 0 bridgehead atoms. The van der Waals surface area contributed by atoms with Crippen LogP contribution in [0.2, 0.25) is 0 Å². The fourth-order valence-electron chi connectivity index (χ4n) is 3.92. The maximum absolute atomic E-state index is 6.74. The highest BCUT2D eigenvalue weighted by Gasteiger charge is 2.42. The molecule has 0 aromatic heterocycles. The van der Waals surface area contributed by atoms with Crippen molar-refractivity contribution >= 4 is 0 Å². The number of rotatable bonds is 4. The van der Waals surface area contributed by atoms with Crippen LogP contribution in [-0.2, 0) is 0 Å². The third kappa shape index (κ3) is 2.21. The summed E-state index contributed by atoms with van der Waals surface area (Å²) >= 11 is 0. The minimum absolute atomic E-state index is 0.0851. The first kappa shape index (κ1) is 11.4. The molecule has 4 N–H and O–H groups in total. The largest absolute Gasteiger partial charge is 0.330 e. The molecule has 2 aliphatic rings. The lowest BCUT2D eigenvalue weighted by molar-refractivity contribution is 0.166. The van der Waals surface area contributed by atoms with Gasteiger partial charge in [0.2, 0.25) is 0 Å². The van der Waals surface area contributed by atoms with Crippen LogP contribution in [0.4, 0.5) is 0 Å². The lowest BCUT2D eigenvalue weighted by Crippen LogP contribution is -2.53. The smallest absolute Gasteiger partial charge is 0.0223 e. The van der Waals surface area contributed by atoms with Gasteiger partial charge in [-0.3, -0.25) is 0 Å². The van der Waals surface area contributed by atoms with Gasteiger partial charge in [-0.15, -0.1) is 0 Å². The van der Waals surface area contributed by atoms with Crippen molar-refractivity contribution in [3.8, 4) is 0 Å². The molecule has 2 aliphatic carbocycles. The van der Waals surface area contributed by atoms with Gasteiger partial charge in [0.15, 0.2) is 0 Å². The molecule has 0 heterocycles. The Labute approximate surface area is 93.8 Å². The van der Waals surface area contributed by atoms with E-state index in [0.717, 1.165) is 24.8 Å². The molecule has 2 saturated carbocycles. The Morgan fingerprint density at radius 3 is 1.60 bits per heavy atom. The molecular weight excluding hydrogens is 184 g/mol. The molecule has 2 fully saturated rings. The predicted molar refractivity (Wildman–Crippen MR) is 64.5 cm³/mol. The average molecular weight is 210 g/mol. The zero-order valence-electron chi connectivity index (χ0n) is 9.88. The molecule has 0 atom stereocenters. The van der Waals surface area contributed by atoms with Crippen LogP contribution >= 0.6 is 0 Å². The molecule has 0 amide bonds. The third-order valence-electron chi connectivity index (χ3n) is 4.81. The molecule has 2 rings (SSSR count). The second kappa shape index (κ2) is 4.84. The van der Waals surface area contributed by atoms with Crippen LogP contribution in [0.3, 0.4) is 0 Å². The van der Waals surface area contributed by atoms with Crippen LogP contribution in [0.5, 0.6) is 0 Å². The summed E-state index contributed by atoms with van der Waals surface area (Å²) in [5.41, 5.74) is 12.6. The molecule has 2 nitrogen and oxygen atoms in total. The Kier molecular flexibility index (Phi) is 3.68. The molecule has 0 aliphatic heterocycles. The number of hydrogen-bond acceptors (Lipinski definition) is 2. The summed E-state index contributed by atoms with van der Waals surface area (Å²) in [4.78, 5) is 0. The Bertz CT molecular complexity index is 175. The standard InChI is InChI=1S/C13H26N2/c14-10-9-13(15,11-5-1-2-6-11)12-7-3-4-8-12/h11-12H,1-10,14-15H2. The first-order valence-electron chi connectivity index (χ1n) is 6.76. The highest BCUT2D eigenvalue weighted by atomic mass is 14.8. The Hall–Kier alpha value is -0.0800. The number of nitrogens with two attached hydrogens (primary N) is 2. The summed E-state index contributed by atoms with van der Waals surface area (Å²) in [5.74, 6) is 1.54. The van der Waals surface area contributed by atoms with E-state index in [9.17, 15) is 0 Å². The van der Waals surface area contributed by atoms with Gasteiger partial charge in [-0.1, -0.05) is 25.7 Å². The second-order valence-electron chi connectivity index (χ2n) is 5.61. The average Bonchev–Trinajstić information content (AvgIpc) is 2.92. The van der Waals surface area contributed by atoms with E-state index < -0.39 is 0 Å². The lowest BCUT2D eigenvalue weighted by atomic mass is 9.71. The fraction of sp³-hybridized carbons (Fsp3) is 1.00. The third-order valence-corrected chi connectivity index (χ3v) is 4.81. The lowest BCUT2D eigenvalue weighted by Gasteiger charge is -2.41. The van der Waals surface area contributed by atoms with Crippen molar-refractivity contribution in [1.29, 1.82) is 0 Å². The summed E-state index contributed by atoms with van der Waals surface area (Å²) in [6, 6.07) is 0. The van der Waals surface area contributed by atoms with Crippen molar-refractivity contribution in [2.75, 3.05) is 6.54 Å². The maximum Gasteiger partial charge on any atom is 0.0223 e. The SMILES string of the molecule is NCCC(N)(C1CCCC1)C1CCCC1. The fourth-order valence-corrected chi connectivity index (χ4v) is 3.92. The van der Waals surface area contributed by atoms with Crippen LogP contribution in [0.25, 0.3) is 0 Å². The van der Waals surface area contributed by atoms with Gasteiger partial charge < -0.3 is 11.5 Å². The van der Waals surface area contributed by atoms with Crippen LogP contribution in [0, 0.1) is 11.8 Å². The van der Waals surface area contributed by atoms with E-state index >= 15 is 0 Å². The molecular formula is C13H26N2. The van der Waals surface area contributed by atoms with E-state index in [1.807, 2.05) is 0 Å². The van der Waals surface area contributed by atoms with Crippen molar-refractivity contribution in [3.05, 3.63) is 0 Å². The van der Waals surface area contributed by atoms with Gasteiger partial charge in [0.25, 0.3) is 0 Å². The zero-order valence-corrected chi connectivity index (χ0v) is 9.88. The van der Waals surface area contributed by atoms with Gasteiger partial charge in [-0.05, 0) is 50.5 Å². The van der Waals surface area contributed by atoms with E-state index in [1.165, 1.54) is 51.4 Å². The molecule has 0 spiro atoms. The summed E-state index contributed by atoms with van der Waals surface area (Å²) in [6.07, 6.45) is 12.0. The molecule has 15 heavy (non-hydrogen) atoms. The van der Waals surface area contributed by atoms with Crippen molar-refractivity contribution in [3.63, 3.8) is 0 Å². The topological polar surface area (TPSA) is 52.0 Å². The molecule has 0 radical (unpaired) electrons. The van der Waals surface area contributed by atoms with Gasteiger partial charge in [0, 0.05) is 5.54 Å². The van der Waals surface area contributed by atoms with Crippen LogP contribution in [0.1, 0.15) is 57.8 Å². The van der Waals surface area contributed by atoms with Crippen LogP contribution < -0.4 is 11.5 Å². The monoisotopic (exact) mass is 210 g/mol. The summed E-state index contributed by atoms with van der Waals surface area (Å²) in [5, 5.41) is 0. The Morgan fingerprint density at radius 1 is 0.867 bits per heavy atom. The van der Waals surface area contributed by atoms with Crippen molar-refractivity contribution < 1.29 is 0 Å².